The largest absolute Gasteiger partial charge is 0.354 e. The van der Waals surface area contributed by atoms with Gasteiger partial charge in [-0.15, -0.1) is 5.10 Å². The van der Waals surface area contributed by atoms with Gasteiger partial charge in [0.25, 0.3) is 0 Å². The van der Waals surface area contributed by atoms with Crippen LogP contribution in [-0.2, 0) is 0 Å². The molecule has 0 bridgehead atoms. The van der Waals surface area contributed by atoms with Crippen LogP contribution in [0.15, 0.2) is 24.5 Å². The Morgan fingerprint density at radius 1 is 0.955 bits per heavy atom. The van der Waals surface area contributed by atoms with Gasteiger partial charge in [0.1, 0.15) is 0 Å². The maximum Gasteiger partial charge on any atom is 0.225 e. The second kappa shape index (κ2) is 5.35. The number of rotatable bonds is 2. The molecule has 0 saturated carbocycles. The van der Waals surface area contributed by atoms with Crippen LogP contribution in [0.2, 0.25) is 5.02 Å². The van der Waals surface area contributed by atoms with Crippen molar-refractivity contribution in [2.45, 2.75) is 6.92 Å². The number of hydrogen-bond acceptors (Lipinski definition) is 6. The third kappa shape index (κ3) is 2.47. The first kappa shape index (κ1) is 13.7. The Morgan fingerprint density at radius 2 is 1.59 bits per heavy atom. The minimum Gasteiger partial charge on any atom is -0.354 e. The van der Waals surface area contributed by atoms with Crippen molar-refractivity contribution in [3.63, 3.8) is 0 Å². The van der Waals surface area contributed by atoms with Gasteiger partial charge in [-0.1, -0.05) is 11.6 Å². The molecule has 2 aliphatic heterocycles. The Kier molecular flexibility index (Phi) is 3.33. The number of anilines is 2. The summed E-state index contributed by atoms with van der Waals surface area (Å²) in [6.07, 6.45) is 3.32. The first-order valence-electron chi connectivity index (χ1n) is 7.47. The van der Waals surface area contributed by atoms with Gasteiger partial charge in [-0.3, -0.25) is 0 Å². The molecule has 2 saturated heterocycles. The number of fused-ring (bicyclic) bond motifs is 1. The highest BCUT2D eigenvalue weighted by molar-refractivity contribution is 6.30. The minimum absolute atomic E-state index is 0.576. The highest BCUT2D eigenvalue weighted by atomic mass is 35.5. The average molecular weight is 317 g/mol. The summed E-state index contributed by atoms with van der Waals surface area (Å²) in [6, 6.07) is 4.08. The molecule has 2 aliphatic rings. The van der Waals surface area contributed by atoms with Crippen molar-refractivity contribution in [3.05, 3.63) is 35.2 Å². The lowest BCUT2D eigenvalue weighted by molar-refractivity contribution is 0.533. The van der Waals surface area contributed by atoms with Crippen LogP contribution in [0.1, 0.15) is 5.69 Å². The molecule has 2 atom stereocenters. The van der Waals surface area contributed by atoms with Gasteiger partial charge in [0.2, 0.25) is 5.95 Å². The maximum absolute atomic E-state index is 5.85. The molecule has 2 aromatic rings. The minimum atomic E-state index is 0.576. The van der Waals surface area contributed by atoms with Gasteiger partial charge in [0.05, 0.1) is 23.1 Å². The summed E-state index contributed by atoms with van der Waals surface area (Å²) in [6.45, 7) is 5.97. The van der Waals surface area contributed by atoms with Crippen LogP contribution in [0.5, 0.6) is 0 Å². The molecule has 2 fully saturated rings. The SMILES string of the molecule is Cc1ccc(N2CC3CN(c4ncc(Cl)cn4)CC3C2)nn1. The van der Waals surface area contributed by atoms with E-state index in [4.69, 9.17) is 11.6 Å². The molecule has 7 heteroatoms. The predicted octanol–water partition coefficient (Wildman–Crippen LogP) is 1.80. The molecule has 2 unspecified atom stereocenters. The molecule has 0 N–H and O–H groups in total. The molecule has 22 heavy (non-hydrogen) atoms. The van der Waals surface area contributed by atoms with Crippen molar-refractivity contribution < 1.29 is 0 Å². The van der Waals surface area contributed by atoms with Gasteiger partial charge in [-0.05, 0) is 19.1 Å². The summed E-state index contributed by atoms with van der Waals surface area (Å²) < 4.78 is 0. The topological polar surface area (TPSA) is 58.0 Å². The number of hydrogen-bond donors (Lipinski definition) is 0. The van der Waals surface area contributed by atoms with Gasteiger partial charge in [0, 0.05) is 38.0 Å². The van der Waals surface area contributed by atoms with E-state index >= 15 is 0 Å². The van der Waals surface area contributed by atoms with Crippen molar-refractivity contribution in [3.8, 4) is 0 Å². The number of halogens is 1. The first-order chi connectivity index (χ1) is 10.7. The lowest BCUT2D eigenvalue weighted by Crippen LogP contribution is -2.30. The second-order valence-corrected chi connectivity index (χ2v) is 6.50. The van der Waals surface area contributed by atoms with Crippen molar-refractivity contribution >= 4 is 23.4 Å². The molecule has 0 spiro atoms. The van der Waals surface area contributed by atoms with Crippen LogP contribution in [0.3, 0.4) is 0 Å². The molecule has 0 radical (unpaired) electrons. The van der Waals surface area contributed by atoms with Crippen LogP contribution >= 0.6 is 11.6 Å². The van der Waals surface area contributed by atoms with Crippen molar-refractivity contribution in [1.82, 2.24) is 20.2 Å². The molecule has 0 amide bonds. The third-order valence-electron chi connectivity index (χ3n) is 4.48. The van der Waals surface area contributed by atoms with Crippen LogP contribution in [-0.4, -0.2) is 46.3 Å². The van der Waals surface area contributed by atoms with E-state index in [2.05, 4.69) is 36.0 Å². The summed E-state index contributed by atoms with van der Waals surface area (Å²) in [7, 11) is 0. The van der Waals surface area contributed by atoms with Crippen LogP contribution < -0.4 is 9.80 Å². The Labute approximate surface area is 134 Å². The van der Waals surface area contributed by atoms with E-state index in [9.17, 15) is 0 Å². The third-order valence-corrected chi connectivity index (χ3v) is 4.68. The van der Waals surface area contributed by atoms with E-state index in [-0.39, 0.29) is 0 Å². The van der Waals surface area contributed by atoms with Crippen molar-refractivity contribution in [1.29, 1.82) is 0 Å². The van der Waals surface area contributed by atoms with Crippen LogP contribution in [0.25, 0.3) is 0 Å². The normalized spacial score (nSPS) is 23.9. The zero-order valence-corrected chi connectivity index (χ0v) is 13.1. The van der Waals surface area contributed by atoms with E-state index < -0.39 is 0 Å². The molecule has 6 nitrogen and oxygen atoms in total. The number of aromatic nitrogens is 4. The lowest BCUT2D eigenvalue weighted by atomic mass is 10.0. The highest BCUT2D eigenvalue weighted by Crippen LogP contribution is 2.34. The van der Waals surface area contributed by atoms with E-state index in [1.807, 2.05) is 13.0 Å². The lowest BCUT2D eigenvalue weighted by Gasteiger charge is -2.22. The Bertz CT molecular complexity index is 587. The maximum atomic E-state index is 5.85. The van der Waals surface area contributed by atoms with E-state index in [1.165, 1.54) is 0 Å². The molecular weight excluding hydrogens is 300 g/mol. The molecule has 114 valence electrons. The van der Waals surface area contributed by atoms with Crippen molar-refractivity contribution in [2.75, 3.05) is 36.0 Å². The molecule has 4 heterocycles. The van der Waals surface area contributed by atoms with E-state index in [1.54, 1.807) is 12.4 Å². The summed E-state index contributed by atoms with van der Waals surface area (Å²) in [5.74, 6) is 3.01. The smallest absolute Gasteiger partial charge is 0.225 e. The predicted molar refractivity (Wildman–Crippen MR) is 85.2 cm³/mol. The number of nitrogens with zero attached hydrogens (tertiary/aromatic N) is 6. The molecule has 2 aromatic heterocycles. The zero-order valence-electron chi connectivity index (χ0n) is 12.4. The summed E-state index contributed by atoms with van der Waals surface area (Å²) >= 11 is 5.85. The molecule has 4 rings (SSSR count). The summed E-state index contributed by atoms with van der Waals surface area (Å²) in [5.41, 5.74) is 0.953. The van der Waals surface area contributed by atoms with Gasteiger partial charge in [0.15, 0.2) is 5.82 Å². The summed E-state index contributed by atoms with van der Waals surface area (Å²) in [5, 5.41) is 9.03. The van der Waals surface area contributed by atoms with Gasteiger partial charge in [-0.25, -0.2) is 9.97 Å². The second-order valence-electron chi connectivity index (χ2n) is 6.06. The van der Waals surface area contributed by atoms with E-state index in [0.29, 0.717) is 16.9 Å². The summed E-state index contributed by atoms with van der Waals surface area (Å²) in [4.78, 5) is 13.2. The van der Waals surface area contributed by atoms with E-state index in [0.717, 1.165) is 43.6 Å². The standard InChI is InChI=1S/C15H17ClN6/c1-10-2-3-14(20-19-10)21-6-11-8-22(9-12(11)7-21)15-17-4-13(16)5-18-15/h2-5,11-12H,6-9H2,1H3. The Hall–Kier alpha value is -1.95. The zero-order chi connectivity index (χ0) is 15.1. The van der Waals surface area contributed by atoms with Crippen LogP contribution in [0, 0.1) is 18.8 Å². The quantitative estimate of drug-likeness (QED) is 0.842. The first-order valence-corrected chi connectivity index (χ1v) is 7.84. The average Bonchev–Trinajstić information content (AvgIpc) is 3.07. The van der Waals surface area contributed by atoms with Gasteiger partial charge < -0.3 is 9.80 Å². The fraction of sp³-hybridized carbons (Fsp3) is 0.467. The molecular formula is C15H17ClN6. The number of aryl methyl sites for hydroxylation is 1. The molecule has 0 aliphatic carbocycles. The Morgan fingerprint density at radius 3 is 2.18 bits per heavy atom. The van der Waals surface area contributed by atoms with Gasteiger partial charge in [-0.2, -0.15) is 5.10 Å². The monoisotopic (exact) mass is 316 g/mol. The van der Waals surface area contributed by atoms with Crippen molar-refractivity contribution in [2.24, 2.45) is 11.8 Å². The fourth-order valence-corrected chi connectivity index (χ4v) is 3.47. The van der Waals surface area contributed by atoms with Gasteiger partial charge >= 0.3 is 0 Å². The Balaban J connectivity index is 1.44. The fourth-order valence-electron chi connectivity index (χ4n) is 3.37. The highest BCUT2D eigenvalue weighted by Gasteiger charge is 2.41. The van der Waals surface area contributed by atoms with Crippen LogP contribution in [0.4, 0.5) is 11.8 Å². The molecule has 0 aromatic carbocycles.